The zero-order valence-electron chi connectivity index (χ0n) is 10.6. The van der Waals surface area contributed by atoms with Crippen molar-refractivity contribution in [3.63, 3.8) is 0 Å². The summed E-state index contributed by atoms with van der Waals surface area (Å²) >= 11 is 11.7. The van der Waals surface area contributed by atoms with Crippen molar-refractivity contribution in [3.05, 3.63) is 46.3 Å². The number of hydrogen-bond acceptors (Lipinski definition) is 4. The third-order valence-corrected chi connectivity index (χ3v) is 2.84. The SMILES string of the molecule is CCOc1ncccc1NC(=O)c1nc(Cl)ccc1Cl. The predicted octanol–water partition coefficient (Wildman–Crippen LogP) is 3.43. The smallest absolute Gasteiger partial charge is 0.276 e. The van der Waals surface area contributed by atoms with Crippen molar-refractivity contribution >= 4 is 34.8 Å². The predicted molar refractivity (Wildman–Crippen MR) is 77.6 cm³/mol. The van der Waals surface area contributed by atoms with Crippen LogP contribution >= 0.6 is 23.2 Å². The Morgan fingerprint density at radius 1 is 1.35 bits per heavy atom. The Kier molecular flexibility index (Phi) is 4.76. The van der Waals surface area contributed by atoms with Crippen molar-refractivity contribution < 1.29 is 9.53 Å². The molecule has 0 unspecified atom stereocenters. The molecule has 1 N–H and O–H groups in total. The molecule has 2 heterocycles. The number of halogens is 2. The minimum atomic E-state index is -0.480. The molecule has 104 valence electrons. The number of nitrogens with one attached hydrogen (secondary N) is 1. The molecule has 0 spiro atoms. The monoisotopic (exact) mass is 311 g/mol. The van der Waals surface area contributed by atoms with Gasteiger partial charge in [0.15, 0.2) is 0 Å². The lowest BCUT2D eigenvalue weighted by molar-refractivity contribution is 0.102. The average molecular weight is 312 g/mol. The van der Waals surface area contributed by atoms with E-state index in [1.165, 1.54) is 12.1 Å². The van der Waals surface area contributed by atoms with Crippen LogP contribution in [0.4, 0.5) is 5.69 Å². The molecule has 0 aliphatic carbocycles. The van der Waals surface area contributed by atoms with E-state index in [-0.39, 0.29) is 15.9 Å². The molecule has 2 aromatic heterocycles. The molecule has 0 saturated carbocycles. The van der Waals surface area contributed by atoms with Gasteiger partial charge in [-0.05, 0) is 31.2 Å². The third-order valence-electron chi connectivity index (χ3n) is 2.33. The van der Waals surface area contributed by atoms with Crippen LogP contribution < -0.4 is 10.1 Å². The van der Waals surface area contributed by atoms with Gasteiger partial charge in [-0.2, -0.15) is 0 Å². The van der Waals surface area contributed by atoms with Gasteiger partial charge >= 0.3 is 0 Å². The molecule has 0 radical (unpaired) electrons. The van der Waals surface area contributed by atoms with Crippen LogP contribution in [-0.2, 0) is 0 Å². The largest absolute Gasteiger partial charge is 0.476 e. The van der Waals surface area contributed by atoms with Crippen molar-refractivity contribution in [1.29, 1.82) is 0 Å². The molecule has 0 saturated heterocycles. The van der Waals surface area contributed by atoms with Crippen LogP contribution in [-0.4, -0.2) is 22.5 Å². The van der Waals surface area contributed by atoms with Gasteiger partial charge in [0.25, 0.3) is 5.91 Å². The Hall–Kier alpha value is -1.85. The van der Waals surface area contributed by atoms with E-state index >= 15 is 0 Å². The molecule has 1 amide bonds. The van der Waals surface area contributed by atoms with Crippen LogP contribution in [0.1, 0.15) is 17.4 Å². The van der Waals surface area contributed by atoms with Gasteiger partial charge in [-0.3, -0.25) is 4.79 Å². The average Bonchev–Trinajstić information content (AvgIpc) is 2.44. The van der Waals surface area contributed by atoms with Gasteiger partial charge in [0.1, 0.15) is 16.5 Å². The molecule has 2 rings (SSSR count). The number of pyridine rings is 2. The fraction of sp³-hybridized carbons (Fsp3) is 0.154. The molecule has 7 heteroatoms. The summed E-state index contributed by atoms with van der Waals surface area (Å²) in [5, 5.41) is 3.05. The lowest BCUT2D eigenvalue weighted by atomic mass is 10.3. The van der Waals surface area contributed by atoms with Gasteiger partial charge in [-0.15, -0.1) is 0 Å². The molecule has 0 atom stereocenters. The highest BCUT2D eigenvalue weighted by atomic mass is 35.5. The summed E-state index contributed by atoms with van der Waals surface area (Å²) in [6.07, 6.45) is 1.57. The van der Waals surface area contributed by atoms with E-state index < -0.39 is 5.91 Å². The normalized spacial score (nSPS) is 10.2. The zero-order valence-corrected chi connectivity index (χ0v) is 12.1. The maximum atomic E-state index is 12.1. The lowest BCUT2D eigenvalue weighted by Gasteiger charge is -2.10. The van der Waals surface area contributed by atoms with Crippen molar-refractivity contribution in [2.45, 2.75) is 6.92 Å². The zero-order chi connectivity index (χ0) is 14.5. The summed E-state index contributed by atoms with van der Waals surface area (Å²) in [6, 6.07) is 6.38. The first-order valence-corrected chi connectivity index (χ1v) is 6.58. The highest BCUT2D eigenvalue weighted by Crippen LogP contribution is 2.23. The van der Waals surface area contributed by atoms with Crippen LogP contribution in [0.25, 0.3) is 0 Å². The number of carbonyl (C=O) groups is 1. The number of hydrogen-bond donors (Lipinski definition) is 1. The Morgan fingerprint density at radius 3 is 2.90 bits per heavy atom. The number of aromatic nitrogens is 2. The van der Waals surface area contributed by atoms with Crippen molar-refractivity contribution in [1.82, 2.24) is 9.97 Å². The fourth-order valence-electron chi connectivity index (χ4n) is 1.50. The van der Waals surface area contributed by atoms with E-state index in [0.29, 0.717) is 18.2 Å². The Balaban J connectivity index is 2.26. The van der Waals surface area contributed by atoms with Gasteiger partial charge < -0.3 is 10.1 Å². The molecular weight excluding hydrogens is 301 g/mol. The Bertz CT molecular complexity index is 635. The number of carbonyl (C=O) groups excluding carboxylic acids is 1. The number of rotatable bonds is 4. The van der Waals surface area contributed by atoms with E-state index in [1.807, 2.05) is 6.92 Å². The lowest BCUT2D eigenvalue weighted by Crippen LogP contribution is -2.15. The summed E-state index contributed by atoms with van der Waals surface area (Å²) in [5.41, 5.74) is 0.489. The van der Waals surface area contributed by atoms with Gasteiger partial charge in [0, 0.05) is 6.20 Å². The van der Waals surface area contributed by atoms with Gasteiger partial charge in [-0.1, -0.05) is 23.2 Å². The number of anilines is 1. The Morgan fingerprint density at radius 2 is 2.15 bits per heavy atom. The summed E-state index contributed by atoms with van der Waals surface area (Å²) < 4.78 is 5.32. The maximum absolute atomic E-state index is 12.1. The second kappa shape index (κ2) is 6.54. The minimum Gasteiger partial charge on any atom is -0.476 e. The number of amides is 1. The standard InChI is InChI=1S/C13H11Cl2N3O2/c1-2-20-13-9(4-3-7-16-13)17-12(19)11-8(14)5-6-10(15)18-11/h3-7H,2H2,1H3,(H,17,19). The van der Waals surface area contributed by atoms with Crippen LogP contribution in [0.3, 0.4) is 0 Å². The number of nitrogens with zero attached hydrogens (tertiary/aromatic N) is 2. The third kappa shape index (κ3) is 3.37. The second-order valence-electron chi connectivity index (χ2n) is 3.71. The summed E-state index contributed by atoms with van der Waals surface area (Å²) in [6.45, 7) is 2.27. The number of ether oxygens (including phenoxy) is 1. The quantitative estimate of drug-likeness (QED) is 0.879. The van der Waals surface area contributed by atoms with Crippen molar-refractivity contribution in [2.75, 3.05) is 11.9 Å². The summed E-state index contributed by atoms with van der Waals surface area (Å²) in [5.74, 6) is -0.145. The van der Waals surface area contributed by atoms with E-state index in [4.69, 9.17) is 27.9 Å². The van der Waals surface area contributed by atoms with Crippen LogP contribution in [0.15, 0.2) is 30.5 Å². The molecular formula is C13H11Cl2N3O2. The molecule has 5 nitrogen and oxygen atoms in total. The summed E-state index contributed by atoms with van der Waals surface area (Å²) in [7, 11) is 0. The molecule has 0 bridgehead atoms. The van der Waals surface area contributed by atoms with Crippen LogP contribution in [0.2, 0.25) is 10.2 Å². The first kappa shape index (κ1) is 14.6. The van der Waals surface area contributed by atoms with Gasteiger partial charge in [0.05, 0.1) is 11.6 Å². The summed E-state index contributed by atoms with van der Waals surface area (Å²) in [4.78, 5) is 20.1. The first-order valence-electron chi connectivity index (χ1n) is 5.83. The molecule has 0 fully saturated rings. The molecule has 0 aliphatic rings. The first-order chi connectivity index (χ1) is 9.61. The van der Waals surface area contributed by atoms with E-state index in [1.54, 1.807) is 18.3 Å². The van der Waals surface area contributed by atoms with Crippen molar-refractivity contribution in [3.8, 4) is 5.88 Å². The maximum Gasteiger partial charge on any atom is 0.276 e. The highest BCUT2D eigenvalue weighted by molar-refractivity contribution is 6.35. The minimum absolute atomic E-state index is 0.0467. The van der Waals surface area contributed by atoms with E-state index in [2.05, 4.69) is 15.3 Å². The second-order valence-corrected chi connectivity index (χ2v) is 4.50. The highest BCUT2D eigenvalue weighted by Gasteiger charge is 2.15. The van der Waals surface area contributed by atoms with E-state index in [0.717, 1.165) is 0 Å². The van der Waals surface area contributed by atoms with Crippen LogP contribution in [0.5, 0.6) is 5.88 Å². The topological polar surface area (TPSA) is 64.1 Å². The van der Waals surface area contributed by atoms with Crippen LogP contribution in [0, 0.1) is 0 Å². The van der Waals surface area contributed by atoms with Crippen molar-refractivity contribution in [2.24, 2.45) is 0 Å². The molecule has 0 aromatic carbocycles. The molecule has 2 aromatic rings. The van der Waals surface area contributed by atoms with Gasteiger partial charge in [-0.25, -0.2) is 9.97 Å². The van der Waals surface area contributed by atoms with E-state index in [9.17, 15) is 4.79 Å². The Labute approximate surface area is 125 Å². The fourth-order valence-corrected chi connectivity index (χ4v) is 1.84. The molecule has 0 aliphatic heterocycles. The van der Waals surface area contributed by atoms with Gasteiger partial charge in [0.2, 0.25) is 5.88 Å². The molecule has 20 heavy (non-hydrogen) atoms.